The number of nitrogens with one attached hydrogen (secondary N) is 1. The van der Waals surface area contributed by atoms with Gasteiger partial charge in [0.15, 0.2) is 0 Å². The van der Waals surface area contributed by atoms with E-state index in [-0.39, 0.29) is 11.8 Å². The summed E-state index contributed by atoms with van der Waals surface area (Å²) in [4.78, 5) is 14.5. The molecule has 8 heteroatoms. The van der Waals surface area contributed by atoms with Crippen LogP contribution in [0, 0.1) is 5.82 Å². The third-order valence-corrected chi connectivity index (χ3v) is 3.22. The summed E-state index contributed by atoms with van der Waals surface area (Å²) in [6.45, 7) is 1.10. The summed E-state index contributed by atoms with van der Waals surface area (Å²) in [5, 5.41) is 2.99. The van der Waals surface area contributed by atoms with Gasteiger partial charge >= 0.3 is 0 Å². The summed E-state index contributed by atoms with van der Waals surface area (Å²) in [7, 11) is 1.93. The highest BCUT2D eigenvalue weighted by atomic mass is 19.1. The van der Waals surface area contributed by atoms with Crippen LogP contribution in [0.15, 0.2) is 47.1 Å². The van der Waals surface area contributed by atoms with Gasteiger partial charge in [-0.05, 0) is 43.4 Å². The molecule has 3 rings (SSSR count). The van der Waals surface area contributed by atoms with Crippen molar-refractivity contribution in [1.82, 2.24) is 19.9 Å². The largest absolute Gasteiger partial charge is 0.468 e. The number of furan rings is 1. The molecule has 0 saturated heterocycles. The van der Waals surface area contributed by atoms with Crippen LogP contribution in [0.4, 0.5) is 22.0 Å². The molecule has 7 nitrogen and oxygen atoms in total. The predicted molar refractivity (Wildman–Crippen MR) is 87.8 cm³/mol. The molecule has 2 heterocycles. The highest BCUT2D eigenvalue weighted by Crippen LogP contribution is 2.15. The summed E-state index contributed by atoms with van der Waals surface area (Å²) >= 11 is 0. The van der Waals surface area contributed by atoms with Gasteiger partial charge in [0.25, 0.3) is 0 Å². The summed E-state index contributed by atoms with van der Waals surface area (Å²) in [5.41, 5.74) is 6.41. The highest BCUT2D eigenvalue weighted by molar-refractivity contribution is 5.53. The Labute approximate surface area is 138 Å². The first-order valence-electron chi connectivity index (χ1n) is 7.32. The zero-order chi connectivity index (χ0) is 16.9. The Morgan fingerprint density at radius 2 is 1.92 bits per heavy atom. The van der Waals surface area contributed by atoms with Gasteiger partial charge in [-0.3, -0.25) is 4.90 Å². The molecule has 0 aliphatic rings. The zero-order valence-electron chi connectivity index (χ0n) is 13.1. The van der Waals surface area contributed by atoms with E-state index in [4.69, 9.17) is 10.2 Å². The number of nitrogens with zero attached hydrogens (tertiary/aromatic N) is 4. The van der Waals surface area contributed by atoms with E-state index < -0.39 is 0 Å². The fourth-order valence-corrected chi connectivity index (χ4v) is 2.19. The van der Waals surface area contributed by atoms with Crippen molar-refractivity contribution in [2.75, 3.05) is 18.1 Å². The number of hydrogen-bond donors (Lipinski definition) is 2. The van der Waals surface area contributed by atoms with E-state index in [0.717, 1.165) is 5.76 Å². The Kier molecular flexibility index (Phi) is 4.66. The SMILES string of the molecule is CN(Cc1nc(N)nc(Nc2ccc(F)cc2)n1)Cc1ccco1. The van der Waals surface area contributed by atoms with Gasteiger partial charge in [0.1, 0.15) is 17.4 Å². The molecule has 124 valence electrons. The lowest BCUT2D eigenvalue weighted by Crippen LogP contribution is -2.19. The van der Waals surface area contributed by atoms with Gasteiger partial charge in [-0.15, -0.1) is 0 Å². The fourth-order valence-electron chi connectivity index (χ4n) is 2.19. The molecule has 24 heavy (non-hydrogen) atoms. The minimum atomic E-state index is -0.309. The van der Waals surface area contributed by atoms with Crippen molar-refractivity contribution in [1.29, 1.82) is 0 Å². The van der Waals surface area contributed by atoms with Crippen molar-refractivity contribution in [2.45, 2.75) is 13.1 Å². The molecule has 0 unspecified atom stereocenters. The summed E-state index contributed by atoms with van der Waals surface area (Å²) in [6.07, 6.45) is 1.63. The number of nitrogen functional groups attached to an aromatic ring is 1. The summed E-state index contributed by atoms with van der Waals surface area (Å²) < 4.78 is 18.3. The Morgan fingerprint density at radius 3 is 2.62 bits per heavy atom. The number of halogens is 1. The molecule has 0 spiro atoms. The molecule has 0 amide bonds. The summed E-state index contributed by atoms with van der Waals surface area (Å²) in [6, 6.07) is 9.64. The van der Waals surface area contributed by atoms with Crippen molar-refractivity contribution in [3.63, 3.8) is 0 Å². The number of hydrogen-bond acceptors (Lipinski definition) is 7. The third-order valence-electron chi connectivity index (χ3n) is 3.22. The number of rotatable bonds is 6. The van der Waals surface area contributed by atoms with Crippen LogP contribution in [0.2, 0.25) is 0 Å². The van der Waals surface area contributed by atoms with Crippen molar-refractivity contribution in [3.8, 4) is 0 Å². The maximum Gasteiger partial charge on any atom is 0.232 e. The van der Waals surface area contributed by atoms with Crippen LogP contribution in [0.25, 0.3) is 0 Å². The smallest absolute Gasteiger partial charge is 0.232 e. The highest BCUT2D eigenvalue weighted by Gasteiger charge is 2.09. The molecule has 1 aromatic carbocycles. The first-order valence-corrected chi connectivity index (χ1v) is 7.32. The molecule has 0 aliphatic carbocycles. The van der Waals surface area contributed by atoms with Crippen molar-refractivity contribution in [3.05, 3.63) is 60.1 Å². The number of benzene rings is 1. The van der Waals surface area contributed by atoms with Gasteiger partial charge in [0.2, 0.25) is 11.9 Å². The standard InChI is InChI=1S/C16H17FN6O/c1-23(9-13-3-2-8-24-13)10-14-20-15(18)22-16(21-14)19-12-6-4-11(17)5-7-12/h2-8H,9-10H2,1H3,(H3,18,19,20,21,22). The predicted octanol–water partition coefficient (Wildman–Crippen LogP) is 2.56. The summed E-state index contributed by atoms with van der Waals surface area (Å²) in [5.74, 6) is 1.51. The van der Waals surface area contributed by atoms with E-state index in [0.29, 0.717) is 30.5 Å². The Hall–Kier alpha value is -3.00. The first kappa shape index (κ1) is 15.9. The lowest BCUT2D eigenvalue weighted by Gasteiger charge is -2.14. The van der Waals surface area contributed by atoms with Crippen LogP contribution in [-0.2, 0) is 13.1 Å². The van der Waals surface area contributed by atoms with Crippen LogP contribution in [-0.4, -0.2) is 26.9 Å². The molecule has 0 radical (unpaired) electrons. The van der Waals surface area contributed by atoms with Crippen molar-refractivity contribution in [2.24, 2.45) is 0 Å². The average Bonchev–Trinajstić information content (AvgIpc) is 3.01. The monoisotopic (exact) mass is 328 g/mol. The number of nitrogens with two attached hydrogens (primary N) is 1. The van der Waals surface area contributed by atoms with E-state index in [2.05, 4.69) is 20.3 Å². The topological polar surface area (TPSA) is 93.1 Å². The normalized spacial score (nSPS) is 11.0. The Balaban J connectivity index is 1.70. The maximum absolute atomic E-state index is 13.0. The van der Waals surface area contributed by atoms with E-state index in [1.165, 1.54) is 12.1 Å². The van der Waals surface area contributed by atoms with Crippen LogP contribution in [0.3, 0.4) is 0 Å². The Bertz CT molecular complexity index is 791. The molecule has 3 N–H and O–H groups in total. The molecule has 0 bridgehead atoms. The van der Waals surface area contributed by atoms with E-state index in [1.54, 1.807) is 18.4 Å². The molecular formula is C16H17FN6O. The van der Waals surface area contributed by atoms with Crippen molar-refractivity contribution < 1.29 is 8.81 Å². The van der Waals surface area contributed by atoms with Gasteiger partial charge in [-0.25, -0.2) is 4.39 Å². The zero-order valence-corrected chi connectivity index (χ0v) is 13.1. The second kappa shape index (κ2) is 7.05. The molecule has 0 atom stereocenters. The van der Waals surface area contributed by atoms with Crippen LogP contribution < -0.4 is 11.1 Å². The van der Waals surface area contributed by atoms with Gasteiger partial charge in [0.05, 0.1) is 19.4 Å². The van der Waals surface area contributed by atoms with Gasteiger partial charge in [0, 0.05) is 5.69 Å². The van der Waals surface area contributed by atoms with E-state index >= 15 is 0 Å². The second-order valence-corrected chi connectivity index (χ2v) is 5.32. The molecule has 3 aromatic rings. The molecular weight excluding hydrogens is 311 g/mol. The third kappa shape index (κ3) is 4.26. The molecule has 0 saturated carbocycles. The van der Waals surface area contributed by atoms with E-state index in [9.17, 15) is 4.39 Å². The van der Waals surface area contributed by atoms with Crippen molar-refractivity contribution >= 4 is 17.6 Å². The molecule has 0 aliphatic heterocycles. The minimum absolute atomic E-state index is 0.121. The first-order chi connectivity index (χ1) is 11.6. The van der Waals surface area contributed by atoms with Crippen LogP contribution in [0.1, 0.15) is 11.6 Å². The van der Waals surface area contributed by atoms with Gasteiger partial charge < -0.3 is 15.5 Å². The number of aromatic nitrogens is 3. The quantitative estimate of drug-likeness (QED) is 0.718. The molecule has 0 fully saturated rings. The Morgan fingerprint density at radius 1 is 1.12 bits per heavy atom. The average molecular weight is 328 g/mol. The van der Waals surface area contributed by atoms with Crippen LogP contribution >= 0.6 is 0 Å². The van der Waals surface area contributed by atoms with Crippen LogP contribution in [0.5, 0.6) is 0 Å². The minimum Gasteiger partial charge on any atom is -0.468 e. The number of anilines is 3. The second-order valence-electron chi connectivity index (χ2n) is 5.32. The van der Waals surface area contributed by atoms with E-state index in [1.807, 2.05) is 24.1 Å². The lowest BCUT2D eigenvalue weighted by atomic mass is 10.3. The maximum atomic E-state index is 13.0. The van der Waals surface area contributed by atoms with Gasteiger partial charge in [-0.1, -0.05) is 0 Å². The fraction of sp³-hybridized carbons (Fsp3) is 0.188. The molecule has 2 aromatic heterocycles. The lowest BCUT2D eigenvalue weighted by molar-refractivity contribution is 0.281. The van der Waals surface area contributed by atoms with Gasteiger partial charge in [-0.2, -0.15) is 15.0 Å².